The molecule has 5 nitrogen and oxygen atoms in total. The Morgan fingerprint density at radius 1 is 1.06 bits per heavy atom. The maximum Gasteiger partial charge on any atom is 0.257 e. The van der Waals surface area contributed by atoms with Crippen molar-refractivity contribution in [1.82, 2.24) is 5.32 Å². The van der Waals surface area contributed by atoms with Gasteiger partial charge >= 0.3 is 0 Å². The van der Waals surface area contributed by atoms with Crippen molar-refractivity contribution in [2.75, 3.05) is 35.2 Å². The normalized spacial score (nSPS) is 15.3. The van der Waals surface area contributed by atoms with Crippen molar-refractivity contribution in [3.05, 3.63) is 82.6 Å². The van der Waals surface area contributed by atoms with Crippen molar-refractivity contribution in [3.8, 4) is 0 Å². The fraction of sp³-hybridized carbons (Fsp3) is 0.240. The number of halogens is 2. The number of anilines is 4. The van der Waals surface area contributed by atoms with E-state index in [-0.39, 0.29) is 17.3 Å². The largest absolute Gasteiger partial charge is 0.368 e. The number of nitrogens with zero attached hydrogens (tertiary/aromatic N) is 1. The summed E-state index contributed by atoms with van der Waals surface area (Å²) in [4.78, 5) is 15.3. The number of hydrogen-bond acceptors (Lipinski definition) is 4. The molecular formula is C25H26BrFN4O. The Hall–Kier alpha value is -2.90. The van der Waals surface area contributed by atoms with Gasteiger partial charge in [-0.2, -0.15) is 0 Å². The third-order valence-electron chi connectivity index (χ3n) is 5.43. The topological polar surface area (TPSA) is 56.4 Å². The van der Waals surface area contributed by atoms with Crippen LogP contribution in [0.5, 0.6) is 0 Å². The average molecular weight is 497 g/mol. The second kappa shape index (κ2) is 9.30. The molecular weight excluding hydrogens is 471 g/mol. The lowest BCUT2D eigenvalue weighted by Crippen LogP contribution is -2.57. The van der Waals surface area contributed by atoms with Crippen LogP contribution in [0.25, 0.3) is 0 Å². The Morgan fingerprint density at radius 3 is 2.50 bits per heavy atom. The lowest BCUT2D eigenvalue weighted by molar-refractivity contribution is 0.102. The van der Waals surface area contributed by atoms with Gasteiger partial charge < -0.3 is 20.9 Å². The monoisotopic (exact) mass is 496 g/mol. The summed E-state index contributed by atoms with van der Waals surface area (Å²) < 4.78 is 15.0. The Labute approximate surface area is 196 Å². The second-order valence-corrected chi connectivity index (χ2v) is 9.36. The fourth-order valence-corrected chi connectivity index (χ4v) is 4.51. The minimum atomic E-state index is -0.377. The fourth-order valence-electron chi connectivity index (χ4n) is 3.88. The summed E-state index contributed by atoms with van der Waals surface area (Å²) >= 11 is 3.67. The first-order chi connectivity index (χ1) is 15.3. The van der Waals surface area contributed by atoms with E-state index in [9.17, 15) is 9.18 Å². The molecule has 0 aliphatic carbocycles. The second-order valence-electron chi connectivity index (χ2n) is 8.50. The van der Waals surface area contributed by atoms with Gasteiger partial charge in [0.05, 0.1) is 22.6 Å². The summed E-state index contributed by atoms with van der Waals surface area (Å²) in [5.41, 5.74) is 3.10. The van der Waals surface area contributed by atoms with Gasteiger partial charge in [0.25, 0.3) is 5.91 Å². The summed E-state index contributed by atoms with van der Waals surface area (Å²) in [6.45, 7) is 7.11. The quantitative estimate of drug-likeness (QED) is 0.419. The van der Waals surface area contributed by atoms with E-state index in [1.165, 1.54) is 6.07 Å². The molecule has 0 spiro atoms. The predicted octanol–water partition coefficient (Wildman–Crippen LogP) is 5.77. The molecule has 1 aliphatic rings. The molecule has 0 saturated carbocycles. The van der Waals surface area contributed by atoms with E-state index in [4.69, 9.17) is 0 Å². The van der Waals surface area contributed by atoms with Crippen LogP contribution in [0, 0.1) is 5.82 Å². The van der Waals surface area contributed by atoms with Crippen LogP contribution in [0.1, 0.15) is 24.2 Å². The van der Waals surface area contributed by atoms with Crippen LogP contribution in [-0.4, -0.2) is 31.1 Å². The Bertz CT molecular complexity index is 1130. The van der Waals surface area contributed by atoms with E-state index in [0.717, 1.165) is 29.8 Å². The van der Waals surface area contributed by atoms with Crippen LogP contribution in [0.15, 0.2) is 71.2 Å². The zero-order valence-electron chi connectivity index (χ0n) is 18.1. The third-order valence-corrected chi connectivity index (χ3v) is 6.07. The van der Waals surface area contributed by atoms with Gasteiger partial charge in [-0.3, -0.25) is 4.79 Å². The number of carbonyl (C=O) groups excluding carboxylic acids is 1. The minimum absolute atomic E-state index is 0.0412. The Morgan fingerprint density at radius 2 is 1.78 bits per heavy atom. The van der Waals surface area contributed by atoms with Gasteiger partial charge in [0, 0.05) is 35.3 Å². The van der Waals surface area contributed by atoms with Crippen LogP contribution in [-0.2, 0) is 0 Å². The maximum absolute atomic E-state index is 14.1. The van der Waals surface area contributed by atoms with Gasteiger partial charge in [-0.15, -0.1) is 0 Å². The first-order valence-electron chi connectivity index (χ1n) is 10.5. The first kappa shape index (κ1) is 22.3. The van der Waals surface area contributed by atoms with E-state index < -0.39 is 0 Å². The highest BCUT2D eigenvalue weighted by Gasteiger charge is 2.26. The molecule has 1 saturated heterocycles. The number of rotatable bonds is 5. The van der Waals surface area contributed by atoms with Crippen LogP contribution in [0.2, 0.25) is 0 Å². The first-order valence-corrected chi connectivity index (χ1v) is 11.3. The molecule has 3 aromatic rings. The molecule has 1 fully saturated rings. The van der Waals surface area contributed by atoms with Gasteiger partial charge in [0.1, 0.15) is 5.82 Å². The van der Waals surface area contributed by atoms with Gasteiger partial charge in [-0.1, -0.05) is 24.3 Å². The molecule has 3 N–H and O–H groups in total. The number of nitrogens with one attached hydrogen (secondary N) is 3. The molecule has 32 heavy (non-hydrogen) atoms. The standard InChI is InChI=1S/C25H26BrFN4O/c1-25(2)16-31(14-13-28-25)23-12-11-17(15-19(23)26)29-24(32)18-7-3-5-9-21(18)30-22-10-6-4-8-20(22)27/h3-12,15,28,30H,13-14,16H2,1-2H3,(H,29,32). The van der Waals surface area contributed by atoms with E-state index in [1.807, 2.05) is 18.2 Å². The molecule has 3 aromatic carbocycles. The maximum atomic E-state index is 14.1. The number of piperazine rings is 1. The molecule has 7 heteroatoms. The van der Waals surface area contributed by atoms with Crippen LogP contribution in [0.3, 0.4) is 0 Å². The molecule has 1 amide bonds. The van der Waals surface area contributed by atoms with Crippen molar-refractivity contribution >= 4 is 44.6 Å². The molecule has 0 atom stereocenters. The van der Waals surface area contributed by atoms with Crippen LogP contribution < -0.4 is 20.9 Å². The molecule has 0 radical (unpaired) electrons. The molecule has 1 aliphatic heterocycles. The van der Waals surface area contributed by atoms with Gasteiger partial charge in [-0.25, -0.2) is 4.39 Å². The summed E-state index contributed by atoms with van der Waals surface area (Å²) in [7, 11) is 0. The van der Waals surface area contributed by atoms with Crippen LogP contribution >= 0.6 is 15.9 Å². The molecule has 0 bridgehead atoms. The van der Waals surface area contributed by atoms with Crippen LogP contribution in [0.4, 0.5) is 27.1 Å². The number of para-hydroxylation sites is 2. The van der Waals surface area contributed by atoms with Crippen molar-refractivity contribution in [2.45, 2.75) is 19.4 Å². The average Bonchev–Trinajstić information content (AvgIpc) is 2.75. The zero-order valence-corrected chi connectivity index (χ0v) is 19.7. The van der Waals surface area contributed by atoms with Crippen molar-refractivity contribution < 1.29 is 9.18 Å². The zero-order chi connectivity index (χ0) is 22.7. The van der Waals surface area contributed by atoms with Gasteiger partial charge in [0.15, 0.2) is 0 Å². The van der Waals surface area contributed by atoms with E-state index in [2.05, 4.69) is 50.6 Å². The molecule has 166 valence electrons. The number of amides is 1. The predicted molar refractivity (Wildman–Crippen MR) is 133 cm³/mol. The summed E-state index contributed by atoms with van der Waals surface area (Å²) in [6.07, 6.45) is 0. The van der Waals surface area contributed by atoms with Gasteiger partial charge in [0.2, 0.25) is 0 Å². The number of benzene rings is 3. The highest BCUT2D eigenvalue weighted by molar-refractivity contribution is 9.10. The highest BCUT2D eigenvalue weighted by atomic mass is 79.9. The van der Waals surface area contributed by atoms with E-state index in [0.29, 0.717) is 22.6 Å². The third kappa shape index (κ3) is 5.11. The SMILES string of the molecule is CC1(C)CN(c2ccc(NC(=O)c3ccccc3Nc3ccccc3F)cc2Br)CCN1. The summed E-state index contributed by atoms with van der Waals surface area (Å²) in [5, 5.41) is 9.49. The van der Waals surface area contributed by atoms with Gasteiger partial charge in [-0.05, 0) is 72.2 Å². The molecule has 4 rings (SSSR count). The minimum Gasteiger partial charge on any atom is -0.368 e. The number of hydrogen-bond donors (Lipinski definition) is 3. The molecule has 0 unspecified atom stereocenters. The summed E-state index contributed by atoms with van der Waals surface area (Å²) in [5.74, 6) is -0.647. The Balaban J connectivity index is 1.51. The van der Waals surface area contributed by atoms with Crippen molar-refractivity contribution in [1.29, 1.82) is 0 Å². The summed E-state index contributed by atoms with van der Waals surface area (Å²) in [6, 6.07) is 19.3. The lowest BCUT2D eigenvalue weighted by atomic mass is 10.0. The molecule has 0 aromatic heterocycles. The highest BCUT2D eigenvalue weighted by Crippen LogP contribution is 2.32. The molecule has 1 heterocycles. The van der Waals surface area contributed by atoms with Crippen molar-refractivity contribution in [3.63, 3.8) is 0 Å². The van der Waals surface area contributed by atoms with E-state index >= 15 is 0 Å². The van der Waals surface area contributed by atoms with Crippen molar-refractivity contribution in [2.24, 2.45) is 0 Å². The Kier molecular flexibility index (Phi) is 6.48. The lowest BCUT2D eigenvalue weighted by Gasteiger charge is -2.40. The number of carbonyl (C=O) groups is 1. The van der Waals surface area contributed by atoms with E-state index in [1.54, 1.807) is 42.5 Å². The smallest absolute Gasteiger partial charge is 0.257 e.